The lowest BCUT2D eigenvalue weighted by atomic mass is 10.2. The fourth-order valence-corrected chi connectivity index (χ4v) is 2.26. The maximum Gasteiger partial charge on any atom is 0.0825 e. The minimum Gasteiger partial charge on any atom is -0.378 e. The largest absolute Gasteiger partial charge is 0.378 e. The first-order valence-corrected chi connectivity index (χ1v) is 5.53. The van der Waals surface area contributed by atoms with Gasteiger partial charge in [0.25, 0.3) is 0 Å². The summed E-state index contributed by atoms with van der Waals surface area (Å²) >= 11 is 0. The van der Waals surface area contributed by atoms with Gasteiger partial charge in [-0.05, 0) is 27.3 Å². The van der Waals surface area contributed by atoms with Crippen LogP contribution in [0.25, 0.3) is 0 Å². The van der Waals surface area contributed by atoms with Crippen LogP contribution in [0.3, 0.4) is 0 Å². The number of anilines is 1. The van der Waals surface area contributed by atoms with Gasteiger partial charge in [-0.3, -0.25) is 4.68 Å². The molecule has 2 rings (SSSR count). The summed E-state index contributed by atoms with van der Waals surface area (Å²) in [4.78, 5) is 2.39. The molecule has 0 aromatic carbocycles. The first-order chi connectivity index (χ1) is 7.06. The third-order valence-electron chi connectivity index (χ3n) is 3.26. The van der Waals surface area contributed by atoms with E-state index < -0.39 is 0 Å². The van der Waals surface area contributed by atoms with Gasteiger partial charge in [0, 0.05) is 31.9 Å². The Bertz CT molecular complexity index is 334. The average molecular weight is 208 g/mol. The van der Waals surface area contributed by atoms with Gasteiger partial charge in [-0.15, -0.1) is 0 Å². The summed E-state index contributed by atoms with van der Waals surface area (Å²) in [5.74, 6) is 0. The van der Waals surface area contributed by atoms with Crippen molar-refractivity contribution in [3.8, 4) is 0 Å². The molecule has 0 radical (unpaired) electrons. The van der Waals surface area contributed by atoms with Crippen molar-refractivity contribution in [3.63, 3.8) is 0 Å². The number of likely N-dealkylation sites (N-methyl/N-ethyl adjacent to an activating group) is 1. The molecule has 0 bridgehead atoms. The molecule has 1 aliphatic heterocycles. The summed E-state index contributed by atoms with van der Waals surface area (Å²) in [6.07, 6.45) is 3.27. The molecule has 0 amide bonds. The van der Waals surface area contributed by atoms with E-state index in [0.29, 0.717) is 12.1 Å². The lowest BCUT2D eigenvalue weighted by Crippen LogP contribution is -2.24. The van der Waals surface area contributed by atoms with Crippen molar-refractivity contribution in [1.82, 2.24) is 14.7 Å². The van der Waals surface area contributed by atoms with Crippen LogP contribution in [0.4, 0.5) is 5.69 Å². The van der Waals surface area contributed by atoms with Gasteiger partial charge in [0.1, 0.15) is 0 Å². The fraction of sp³-hybridized carbons (Fsp3) is 0.727. The zero-order valence-corrected chi connectivity index (χ0v) is 9.99. The lowest BCUT2D eigenvalue weighted by molar-refractivity contribution is 0.330. The van der Waals surface area contributed by atoms with Crippen molar-refractivity contribution in [2.75, 3.05) is 18.9 Å². The minimum absolute atomic E-state index is 0.563. The zero-order valence-electron chi connectivity index (χ0n) is 9.99. The van der Waals surface area contributed by atoms with Crippen LogP contribution in [0.5, 0.6) is 0 Å². The summed E-state index contributed by atoms with van der Waals surface area (Å²) < 4.78 is 1.86. The summed E-state index contributed by atoms with van der Waals surface area (Å²) in [5.41, 5.74) is 2.25. The van der Waals surface area contributed by atoms with Crippen LogP contribution < -0.4 is 5.32 Å². The van der Waals surface area contributed by atoms with Crippen LogP contribution in [0, 0.1) is 6.92 Å². The van der Waals surface area contributed by atoms with Crippen LogP contribution in [-0.4, -0.2) is 40.4 Å². The smallest absolute Gasteiger partial charge is 0.0825 e. The summed E-state index contributed by atoms with van der Waals surface area (Å²) in [7, 11) is 4.14. The lowest BCUT2D eigenvalue weighted by Gasteiger charge is -2.13. The van der Waals surface area contributed by atoms with Crippen LogP contribution in [-0.2, 0) is 7.05 Å². The highest BCUT2D eigenvalue weighted by Gasteiger charge is 2.26. The van der Waals surface area contributed by atoms with E-state index in [9.17, 15) is 0 Å². The van der Waals surface area contributed by atoms with E-state index >= 15 is 0 Å². The van der Waals surface area contributed by atoms with Gasteiger partial charge < -0.3 is 10.2 Å². The fourth-order valence-electron chi connectivity index (χ4n) is 2.26. The first kappa shape index (κ1) is 10.5. The van der Waals surface area contributed by atoms with E-state index in [1.54, 1.807) is 0 Å². The van der Waals surface area contributed by atoms with Crippen LogP contribution in [0.15, 0.2) is 6.20 Å². The van der Waals surface area contributed by atoms with Crippen LogP contribution in [0.1, 0.15) is 19.0 Å². The molecular formula is C11H20N4. The van der Waals surface area contributed by atoms with Gasteiger partial charge in [0.15, 0.2) is 0 Å². The second kappa shape index (κ2) is 3.85. The molecule has 2 heterocycles. The van der Waals surface area contributed by atoms with Gasteiger partial charge >= 0.3 is 0 Å². The highest BCUT2D eigenvalue weighted by Crippen LogP contribution is 2.20. The molecular weight excluding hydrogens is 188 g/mol. The molecule has 1 N–H and O–H groups in total. The Labute approximate surface area is 91.3 Å². The van der Waals surface area contributed by atoms with E-state index in [1.165, 1.54) is 12.1 Å². The number of nitrogens with one attached hydrogen (secondary N) is 1. The standard InChI is InChI=1S/C11H20N4/c1-8-5-10(6-14(8)3)12-11-7-15(4)13-9(11)2/h7-8,10,12H,5-6H2,1-4H3. The zero-order chi connectivity index (χ0) is 11.0. The van der Waals surface area contributed by atoms with Crippen LogP contribution >= 0.6 is 0 Å². The second-order valence-electron chi connectivity index (χ2n) is 4.67. The number of hydrogen-bond acceptors (Lipinski definition) is 3. The molecule has 1 aliphatic rings. The molecule has 0 saturated carbocycles. The average Bonchev–Trinajstić information content (AvgIpc) is 2.59. The predicted octanol–water partition coefficient (Wildman–Crippen LogP) is 1.23. The number of aromatic nitrogens is 2. The van der Waals surface area contributed by atoms with Crippen LogP contribution in [0.2, 0.25) is 0 Å². The first-order valence-electron chi connectivity index (χ1n) is 5.53. The quantitative estimate of drug-likeness (QED) is 0.793. The number of rotatable bonds is 2. The molecule has 4 nitrogen and oxygen atoms in total. The van der Waals surface area contributed by atoms with Gasteiger partial charge in [0.2, 0.25) is 0 Å². The molecule has 1 aromatic rings. The van der Waals surface area contributed by atoms with Crippen molar-refractivity contribution in [2.24, 2.45) is 7.05 Å². The Kier molecular flexibility index (Phi) is 2.69. The summed E-state index contributed by atoms with van der Waals surface area (Å²) in [6.45, 7) is 5.44. The van der Waals surface area contributed by atoms with Crippen molar-refractivity contribution in [2.45, 2.75) is 32.4 Å². The maximum atomic E-state index is 4.33. The van der Waals surface area contributed by atoms with E-state index in [4.69, 9.17) is 0 Å². The molecule has 1 saturated heterocycles. The van der Waals surface area contributed by atoms with E-state index in [2.05, 4.69) is 35.5 Å². The molecule has 2 unspecified atom stereocenters. The van der Waals surface area contributed by atoms with Crippen molar-refractivity contribution in [3.05, 3.63) is 11.9 Å². The second-order valence-corrected chi connectivity index (χ2v) is 4.67. The minimum atomic E-state index is 0.563. The molecule has 15 heavy (non-hydrogen) atoms. The Hall–Kier alpha value is -1.03. The Balaban J connectivity index is 2.01. The van der Waals surface area contributed by atoms with Gasteiger partial charge in [-0.25, -0.2) is 0 Å². The van der Waals surface area contributed by atoms with Crippen molar-refractivity contribution in [1.29, 1.82) is 0 Å². The third kappa shape index (κ3) is 2.15. The van der Waals surface area contributed by atoms with Gasteiger partial charge in [0.05, 0.1) is 11.4 Å². The maximum absolute atomic E-state index is 4.33. The topological polar surface area (TPSA) is 33.1 Å². The van der Waals surface area contributed by atoms with Crippen molar-refractivity contribution >= 4 is 5.69 Å². The molecule has 84 valence electrons. The van der Waals surface area contributed by atoms with Gasteiger partial charge in [-0.1, -0.05) is 0 Å². The highest BCUT2D eigenvalue weighted by atomic mass is 15.3. The van der Waals surface area contributed by atoms with E-state index in [1.807, 2.05) is 18.7 Å². The molecule has 1 fully saturated rings. The van der Waals surface area contributed by atoms with Crippen molar-refractivity contribution < 1.29 is 0 Å². The molecule has 2 atom stereocenters. The summed E-state index contributed by atoms with van der Waals surface area (Å²) in [6, 6.07) is 1.24. The van der Waals surface area contributed by atoms with E-state index in [-0.39, 0.29) is 0 Å². The third-order valence-corrected chi connectivity index (χ3v) is 3.26. The number of aryl methyl sites for hydroxylation is 2. The molecule has 4 heteroatoms. The normalized spacial score (nSPS) is 27.2. The van der Waals surface area contributed by atoms with E-state index in [0.717, 1.165) is 12.2 Å². The Morgan fingerprint density at radius 2 is 2.20 bits per heavy atom. The number of nitrogens with zero attached hydrogens (tertiary/aromatic N) is 3. The molecule has 0 aliphatic carbocycles. The Morgan fingerprint density at radius 1 is 1.47 bits per heavy atom. The predicted molar refractivity (Wildman–Crippen MR) is 62.1 cm³/mol. The highest BCUT2D eigenvalue weighted by molar-refractivity contribution is 5.46. The SMILES string of the molecule is Cc1nn(C)cc1NC1CC(C)N(C)C1. The molecule has 1 aromatic heterocycles. The monoisotopic (exact) mass is 208 g/mol. The Morgan fingerprint density at radius 3 is 2.67 bits per heavy atom. The van der Waals surface area contributed by atoms with Gasteiger partial charge in [-0.2, -0.15) is 5.10 Å². The molecule has 0 spiro atoms. The summed E-state index contributed by atoms with van der Waals surface area (Å²) in [5, 5.41) is 7.90. The number of hydrogen-bond donors (Lipinski definition) is 1. The number of likely N-dealkylation sites (tertiary alicyclic amines) is 1.